The summed E-state index contributed by atoms with van der Waals surface area (Å²) in [5, 5.41) is 5.95. The van der Waals surface area contributed by atoms with Gasteiger partial charge in [-0.05, 0) is 95.2 Å². The van der Waals surface area contributed by atoms with Gasteiger partial charge in [0.05, 0.1) is 19.5 Å². The molecular weight excluding hydrogens is 635 g/mol. The molecule has 3 aromatic rings. The topological polar surface area (TPSA) is 115 Å². The van der Waals surface area contributed by atoms with Crippen LogP contribution in [0.3, 0.4) is 0 Å². The molecule has 1 aromatic carbocycles. The van der Waals surface area contributed by atoms with Gasteiger partial charge in [-0.2, -0.15) is 9.97 Å². The molecule has 252 valence electrons. The standard InChI is InChI=1S/C32H48N8O2.3ClH/c1-3-41-27-18-23(19-28(20-27)42-4-2)17-22-13-15-39(16-14-22)38-30-29-31(40(21-34-29)26-7-5-6-8-26)37-32(36-30)35-25-11-9-24(33)10-12-25;;;/h18-22,24-26H,3-17,33H2,1-2H3,(H2,35,36,37,38);3*1H. The van der Waals surface area contributed by atoms with Crippen molar-refractivity contribution in [1.82, 2.24) is 24.5 Å². The van der Waals surface area contributed by atoms with E-state index in [1.165, 1.54) is 31.2 Å². The van der Waals surface area contributed by atoms with E-state index >= 15 is 0 Å². The number of nitrogens with two attached hydrogens (primary N) is 1. The van der Waals surface area contributed by atoms with Crippen molar-refractivity contribution in [2.24, 2.45) is 11.7 Å². The third-order valence-corrected chi connectivity index (χ3v) is 9.21. The second-order valence-electron chi connectivity index (χ2n) is 12.3. The number of hydrogen-bond acceptors (Lipinski definition) is 9. The third-order valence-electron chi connectivity index (χ3n) is 9.21. The summed E-state index contributed by atoms with van der Waals surface area (Å²) in [7, 11) is 0. The molecule has 45 heavy (non-hydrogen) atoms. The Kier molecular flexibility index (Phi) is 14.6. The predicted molar refractivity (Wildman–Crippen MR) is 189 cm³/mol. The fourth-order valence-electron chi connectivity index (χ4n) is 6.94. The zero-order valence-electron chi connectivity index (χ0n) is 26.6. The number of fused-ring (bicyclic) bond motifs is 1. The molecule has 1 saturated heterocycles. The van der Waals surface area contributed by atoms with Gasteiger partial charge in [0.1, 0.15) is 11.5 Å². The van der Waals surface area contributed by atoms with E-state index in [2.05, 4.69) is 32.5 Å². The number of aromatic nitrogens is 4. The molecule has 13 heteroatoms. The first-order chi connectivity index (χ1) is 20.6. The quantitative estimate of drug-likeness (QED) is 0.197. The van der Waals surface area contributed by atoms with Crippen molar-refractivity contribution < 1.29 is 9.47 Å². The summed E-state index contributed by atoms with van der Waals surface area (Å²) in [4.78, 5) is 14.8. The van der Waals surface area contributed by atoms with E-state index in [9.17, 15) is 0 Å². The molecule has 0 unspecified atom stereocenters. The Morgan fingerprint density at radius 3 is 2.11 bits per heavy atom. The molecule has 3 heterocycles. The second kappa shape index (κ2) is 17.6. The predicted octanol–water partition coefficient (Wildman–Crippen LogP) is 6.97. The van der Waals surface area contributed by atoms with E-state index in [1.54, 1.807) is 0 Å². The van der Waals surface area contributed by atoms with Gasteiger partial charge < -0.3 is 30.5 Å². The summed E-state index contributed by atoms with van der Waals surface area (Å²) in [6, 6.07) is 7.48. The van der Waals surface area contributed by atoms with Crippen molar-refractivity contribution >= 4 is 60.2 Å². The molecule has 0 radical (unpaired) electrons. The van der Waals surface area contributed by atoms with Crippen molar-refractivity contribution in [2.75, 3.05) is 37.0 Å². The molecule has 2 aromatic heterocycles. The van der Waals surface area contributed by atoms with E-state index in [0.717, 1.165) is 86.5 Å². The van der Waals surface area contributed by atoms with Crippen LogP contribution in [0, 0.1) is 5.92 Å². The van der Waals surface area contributed by atoms with Gasteiger partial charge >= 0.3 is 0 Å². The molecular formula is C32H51Cl3N8O2. The average molecular weight is 686 g/mol. The molecule has 0 spiro atoms. The Labute approximate surface area is 286 Å². The van der Waals surface area contributed by atoms with Gasteiger partial charge in [-0.15, -0.1) is 37.2 Å². The van der Waals surface area contributed by atoms with Crippen LogP contribution in [0.15, 0.2) is 24.5 Å². The van der Waals surface area contributed by atoms with Crippen LogP contribution >= 0.6 is 37.2 Å². The summed E-state index contributed by atoms with van der Waals surface area (Å²) in [5.74, 6) is 3.89. The van der Waals surface area contributed by atoms with Crippen LogP contribution < -0.4 is 25.9 Å². The number of halogens is 3. The average Bonchev–Trinajstić information content (AvgIpc) is 3.66. The van der Waals surface area contributed by atoms with Gasteiger partial charge in [0.25, 0.3) is 0 Å². The summed E-state index contributed by atoms with van der Waals surface area (Å²) in [6.45, 7) is 7.25. The summed E-state index contributed by atoms with van der Waals surface area (Å²) < 4.78 is 13.9. The van der Waals surface area contributed by atoms with Gasteiger partial charge in [0.2, 0.25) is 5.95 Å². The third kappa shape index (κ3) is 9.41. The molecule has 1 aliphatic heterocycles. The summed E-state index contributed by atoms with van der Waals surface area (Å²) in [5.41, 5.74) is 12.9. The van der Waals surface area contributed by atoms with Crippen molar-refractivity contribution in [3.8, 4) is 11.5 Å². The van der Waals surface area contributed by atoms with Gasteiger partial charge in [-0.1, -0.05) is 12.8 Å². The SMILES string of the molecule is CCOc1cc(CC2CCN(Nc3nc(NC4CCC(N)CC4)nc4c3ncn4C3CCCC3)CC2)cc(OCC)c1.Cl.Cl.Cl. The molecule has 2 saturated carbocycles. The number of nitrogens with zero attached hydrogens (tertiary/aromatic N) is 5. The number of ether oxygens (including phenoxy) is 2. The van der Waals surface area contributed by atoms with E-state index in [0.29, 0.717) is 43.2 Å². The van der Waals surface area contributed by atoms with E-state index in [-0.39, 0.29) is 37.2 Å². The zero-order chi connectivity index (χ0) is 28.9. The normalized spacial score (nSPS) is 21.0. The van der Waals surface area contributed by atoms with Crippen LogP contribution in [0.25, 0.3) is 11.2 Å². The van der Waals surface area contributed by atoms with E-state index in [4.69, 9.17) is 30.2 Å². The molecule has 3 aliphatic rings. The highest BCUT2D eigenvalue weighted by Crippen LogP contribution is 2.34. The van der Waals surface area contributed by atoms with Crippen molar-refractivity contribution in [1.29, 1.82) is 0 Å². The molecule has 10 nitrogen and oxygen atoms in total. The number of benzene rings is 1. The minimum Gasteiger partial charge on any atom is -0.494 e. The largest absolute Gasteiger partial charge is 0.494 e. The molecule has 0 atom stereocenters. The van der Waals surface area contributed by atoms with Crippen molar-refractivity contribution in [3.05, 3.63) is 30.1 Å². The Morgan fingerprint density at radius 1 is 0.844 bits per heavy atom. The minimum atomic E-state index is 0. The lowest BCUT2D eigenvalue weighted by molar-refractivity contribution is 0.216. The summed E-state index contributed by atoms with van der Waals surface area (Å²) >= 11 is 0. The van der Waals surface area contributed by atoms with Crippen LogP contribution in [0.2, 0.25) is 0 Å². The number of nitrogens with one attached hydrogen (secondary N) is 2. The summed E-state index contributed by atoms with van der Waals surface area (Å²) in [6.07, 6.45) is 14.3. The van der Waals surface area contributed by atoms with Gasteiger partial charge in [0, 0.05) is 37.3 Å². The molecule has 6 rings (SSSR count). The van der Waals surface area contributed by atoms with Crippen LogP contribution in [-0.2, 0) is 6.42 Å². The van der Waals surface area contributed by atoms with Gasteiger partial charge in [-0.25, -0.2) is 9.99 Å². The Hall–Kier alpha value is -2.24. The van der Waals surface area contributed by atoms with Crippen LogP contribution in [0.1, 0.15) is 89.7 Å². The van der Waals surface area contributed by atoms with Crippen LogP contribution in [0.5, 0.6) is 11.5 Å². The lowest BCUT2D eigenvalue weighted by Gasteiger charge is -2.32. The molecule has 4 N–H and O–H groups in total. The Balaban J connectivity index is 0.00000184. The van der Waals surface area contributed by atoms with Gasteiger partial charge in [-0.3, -0.25) is 0 Å². The maximum atomic E-state index is 6.16. The first kappa shape index (κ1) is 37.2. The fraction of sp³-hybridized carbons (Fsp3) is 0.656. The van der Waals surface area contributed by atoms with Gasteiger partial charge in [0.15, 0.2) is 17.0 Å². The highest BCUT2D eigenvalue weighted by Gasteiger charge is 2.26. The Morgan fingerprint density at radius 2 is 1.49 bits per heavy atom. The van der Waals surface area contributed by atoms with E-state index in [1.807, 2.05) is 26.2 Å². The molecule has 2 aliphatic carbocycles. The monoisotopic (exact) mass is 684 g/mol. The van der Waals surface area contributed by atoms with Crippen LogP contribution in [-0.4, -0.2) is 62.9 Å². The number of rotatable bonds is 11. The van der Waals surface area contributed by atoms with Crippen molar-refractivity contribution in [2.45, 2.75) is 103 Å². The van der Waals surface area contributed by atoms with Crippen molar-refractivity contribution in [3.63, 3.8) is 0 Å². The highest BCUT2D eigenvalue weighted by molar-refractivity contribution is 5.86. The zero-order valence-corrected chi connectivity index (χ0v) is 29.0. The lowest BCUT2D eigenvalue weighted by atomic mass is 9.90. The number of piperidine rings is 1. The number of imidazole rings is 1. The van der Waals surface area contributed by atoms with Crippen LogP contribution in [0.4, 0.5) is 11.8 Å². The molecule has 0 bridgehead atoms. The second-order valence-corrected chi connectivity index (χ2v) is 12.3. The maximum Gasteiger partial charge on any atom is 0.227 e. The number of hydrogen-bond donors (Lipinski definition) is 3. The highest BCUT2D eigenvalue weighted by atomic mass is 35.5. The lowest BCUT2D eigenvalue weighted by Crippen LogP contribution is -2.39. The number of anilines is 2. The Bertz CT molecular complexity index is 1300. The smallest absolute Gasteiger partial charge is 0.227 e. The first-order valence-electron chi connectivity index (χ1n) is 16.3. The number of hydrazine groups is 1. The molecule has 3 fully saturated rings. The first-order valence-corrected chi connectivity index (χ1v) is 16.3. The maximum absolute atomic E-state index is 6.16. The molecule has 0 amide bonds. The minimum absolute atomic E-state index is 0. The van der Waals surface area contributed by atoms with E-state index < -0.39 is 0 Å². The fourth-order valence-corrected chi connectivity index (χ4v) is 6.94.